The largest absolute Gasteiger partial charge is 0.472 e. The van der Waals surface area contributed by atoms with Crippen LogP contribution in [0.25, 0.3) is 0 Å². The van der Waals surface area contributed by atoms with Crippen LogP contribution in [0, 0.1) is 0 Å². The number of likely N-dealkylation sites (N-methyl/N-ethyl adjacent to an activating group) is 1. The maximum atomic E-state index is 12.6. The first-order valence-corrected chi connectivity index (χ1v) is 23.2. The topological polar surface area (TPSA) is 91.3 Å². The van der Waals surface area contributed by atoms with E-state index in [1.54, 1.807) is 0 Å². The molecule has 0 radical (unpaired) electrons. The van der Waals surface area contributed by atoms with E-state index in [1.807, 2.05) is 21.1 Å². The van der Waals surface area contributed by atoms with Crippen LogP contribution in [0.3, 0.4) is 0 Å². The average Bonchev–Trinajstić information content (AvgIpc) is 3.11. The summed E-state index contributed by atoms with van der Waals surface area (Å²) in [7, 11) is 1.65. The van der Waals surface area contributed by atoms with E-state index in [0.717, 1.165) is 57.8 Å². The highest BCUT2D eigenvalue weighted by Gasteiger charge is 2.26. The lowest BCUT2D eigenvalue weighted by Crippen LogP contribution is -2.37. The normalized spacial score (nSPS) is 14.2. The Hall–Kier alpha value is -1.28. The monoisotopic (exact) mass is 771 g/mol. The quantitative estimate of drug-likeness (QED) is 0.0218. The van der Waals surface area contributed by atoms with Gasteiger partial charge in [0.05, 0.1) is 34.4 Å². The van der Waals surface area contributed by atoms with Crippen LogP contribution in [-0.4, -0.2) is 75.6 Å². The number of ether oxygens (including phenoxy) is 2. The van der Waals surface area contributed by atoms with Crippen molar-refractivity contribution in [2.75, 3.05) is 54.1 Å². The number of hydrogen-bond acceptors (Lipinski definition) is 6. The lowest BCUT2D eigenvalue weighted by molar-refractivity contribution is -0.870. The highest BCUT2D eigenvalue weighted by Crippen LogP contribution is 2.43. The van der Waals surface area contributed by atoms with Crippen LogP contribution in [0.1, 0.15) is 181 Å². The van der Waals surface area contributed by atoms with Gasteiger partial charge < -0.3 is 18.9 Å². The van der Waals surface area contributed by atoms with E-state index in [1.165, 1.54) is 103 Å². The van der Waals surface area contributed by atoms with Gasteiger partial charge in [0.25, 0.3) is 0 Å². The Morgan fingerprint density at radius 1 is 0.604 bits per heavy atom. The van der Waals surface area contributed by atoms with Gasteiger partial charge in [0, 0.05) is 13.0 Å². The lowest BCUT2D eigenvalue weighted by Gasteiger charge is -2.24. The predicted octanol–water partition coefficient (Wildman–Crippen LogP) is 12.6. The second kappa shape index (κ2) is 37.6. The third-order valence-electron chi connectivity index (χ3n) is 9.22. The molecule has 0 aliphatic rings. The summed E-state index contributed by atoms with van der Waals surface area (Å²) in [5.74, 6) is -0.341. The van der Waals surface area contributed by atoms with E-state index in [-0.39, 0.29) is 25.8 Å². The number of phosphoric acid groups is 1. The molecule has 0 bridgehead atoms. The third-order valence-corrected chi connectivity index (χ3v) is 10.2. The molecule has 0 amide bonds. The van der Waals surface area contributed by atoms with Gasteiger partial charge in [0.15, 0.2) is 0 Å². The Kier molecular flexibility index (Phi) is 36.7. The van der Waals surface area contributed by atoms with Crippen molar-refractivity contribution in [3.8, 4) is 0 Å². The predicted molar refractivity (Wildman–Crippen MR) is 224 cm³/mol. The summed E-state index contributed by atoms with van der Waals surface area (Å²) in [5, 5.41) is 0. The summed E-state index contributed by atoms with van der Waals surface area (Å²) in [6.45, 7) is 5.49. The van der Waals surface area contributed by atoms with Gasteiger partial charge in [-0.2, -0.15) is 0 Å². The first kappa shape index (κ1) is 51.7. The van der Waals surface area contributed by atoms with Gasteiger partial charge in [-0.05, 0) is 44.9 Å². The van der Waals surface area contributed by atoms with Crippen LogP contribution in [0.5, 0.6) is 0 Å². The molecule has 0 fully saturated rings. The fourth-order valence-electron chi connectivity index (χ4n) is 5.86. The molecule has 0 aliphatic carbocycles. The first-order chi connectivity index (χ1) is 25.6. The minimum Gasteiger partial charge on any atom is -0.457 e. The molecule has 2 atom stereocenters. The van der Waals surface area contributed by atoms with Crippen LogP contribution in [0.4, 0.5) is 0 Å². The number of rotatable bonds is 40. The summed E-state index contributed by atoms with van der Waals surface area (Å²) < 4.78 is 34.9. The van der Waals surface area contributed by atoms with Gasteiger partial charge >= 0.3 is 13.8 Å². The minimum atomic E-state index is -4.28. The SMILES string of the molecule is CC/C=C\C/C=C\C/C=C\CCCCCC(=O)OC(COCCCCCCCCCCCCCCCCCCCC)COP(=O)(O)OCC[N+](C)(C)C. The number of unbranched alkanes of at least 4 members (excludes halogenated alkanes) is 20. The zero-order valence-electron chi connectivity index (χ0n) is 35.3. The van der Waals surface area contributed by atoms with E-state index in [0.29, 0.717) is 24.1 Å². The number of esters is 1. The molecule has 0 aromatic heterocycles. The third kappa shape index (κ3) is 41.7. The number of phosphoric ester groups is 1. The van der Waals surface area contributed by atoms with Gasteiger partial charge in [-0.15, -0.1) is 0 Å². The Balaban J connectivity index is 4.22. The number of carbonyl (C=O) groups excluding carboxylic acids is 1. The number of allylic oxidation sites excluding steroid dienone is 6. The van der Waals surface area contributed by atoms with Crippen molar-refractivity contribution in [2.24, 2.45) is 0 Å². The molecule has 0 saturated carbocycles. The van der Waals surface area contributed by atoms with Crippen molar-refractivity contribution in [3.63, 3.8) is 0 Å². The second-order valence-electron chi connectivity index (χ2n) is 15.7. The maximum Gasteiger partial charge on any atom is 0.472 e. The molecule has 9 heteroatoms. The lowest BCUT2D eigenvalue weighted by atomic mass is 10.0. The molecule has 0 aliphatic heterocycles. The summed E-state index contributed by atoms with van der Waals surface area (Å²) in [5.41, 5.74) is 0. The molecule has 0 rings (SSSR count). The van der Waals surface area contributed by atoms with Gasteiger partial charge in [0.2, 0.25) is 0 Å². The number of quaternary nitrogens is 1. The van der Waals surface area contributed by atoms with Crippen LogP contribution in [-0.2, 0) is 27.9 Å². The highest BCUT2D eigenvalue weighted by atomic mass is 31.2. The first-order valence-electron chi connectivity index (χ1n) is 21.7. The minimum absolute atomic E-state index is 0.0835. The van der Waals surface area contributed by atoms with Gasteiger partial charge in [0.1, 0.15) is 19.3 Å². The summed E-state index contributed by atoms with van der Waals surface area (Å²) in [4.78, 5) is 22.8. The Morgan fingerprint density at radius 2 is 1.09 bits per heavy atom. The average molecular weight is 771 g/mol. The standard InChI is InChI=1S/C44H84NO7P/c1-6-8-10-12-14-16-18-20-21-22-23-24-26-28-30-32-34-36-39-49-41-43(42-51-53(47,48)50-40-38-45(3,4)5)52-44(46)37-35-33-31-29-27-25-19-17-15-13-11-9-7-2/h9,11,15,17,25,27,43H,6-8,10,12-14,16,18-24,26,28-42H2,1-5H3/p+1/b11-9-,17-15-,27-25-. The van der Waals surface area contributed by atoms with Crippen molar-refractivity contribution in [1.29, 1.82) is 0 Å². The molecule has 53 heavy (non-hydrogen) atoms. The van der Waals surface area contributed by atoms with Crippen LogP contribution in [0.15, 0.2) is 36.5 Å². The molecule has 0 spiro atoms. The molecule has 0 heterocycles. The second-order valence-corrected chi connectivity index (χ2v) is 17.2. The van der Waals surface area contributed by atoms with Crippen molar-refractivity contribution in [2.45, 2.75) is 187 Å². The maximum absolute atomic E-state index is 12.6. The van der Waals surface area contributed by atoms with E-state index in [9.17, 15) is 14.3 Å². The van der Waals surface area contributed by atoms with Crippen molar-refractivity contribution in [1.82, 2.24) is 0 Å². The smallest absolute Gasteiger partial charge is 0.457 e. The van der Waals surface area contributed by atoms with Gasteiger partial charge in [-0.25, -0.2) is 4.57 Å². The fraction of sp³-hybridized carbons (Fsp3) is 0.841. The number of carbonyl (C=O) groups is 1. The van der Waals surface area contributed by atoms with E-state index in [2.05, 4.69) is 50.3 Å². The van der Waals surface area contributed by atoms with E-state index < -0.39 is 13.9 Å². The zero-order valence-corrected chi connectivity index (χ0v) is 36.1. The van der Waals surface area contributed by atoms with Gasteiger partial charge in [-0.3, -0.25) is 13.8 Å². The van der Waals surface area contributed by atoms with Crippen molar-refractivity contribution >= 4 is 13.8 Å². The summed E-state index contributed by atoms with van der Waals surface area (Å²) in [6, 6.07) is 0. The van der Waals surface area contributed by atoms with E-state index >= 15 is 0 Å². The van der Waals surface area contributed by atoms with Gasteiger partial charge in [-0.1, -0.05) is 166 Å². The number of hydrogen-bond donors (Lipinski definition) is 1. The Morgan fingerprint density at radius 3 is 1.62 bits per heavy atom. The van der Waals surface area contributed by atoms with Crippen molar-refractivity contribution < 1.29 is 37.3 Å². The van der Waals surface area contributed by atoms with Crippen LogP contribution < -0.4 is 0 Å². The summed E-state index contributed by atoms with van der Waals surface area (Å²) >= 11 is 0. The summed E-state index contributed by atoms with van der Waals surface area (Å²) in [6.07, 6.45) is 43.2. The molecule has 0 aromatic carbocycles. The molecule has 312 valence electrons. The fourth-order valence-corrected chi connectivity index (χ4v) is 6.60. The molecule has 8 nitrogen and oxygen atoms in total. The molecular weight excluding hydrogens is 685 g/mol. The molecule has 0 saturated heterocycles. The molecule has 1 N–H and O–H groups in total. The van der Waals surface area contributed by atoms with Crippen molar-refractivity contribution in [3.05, 3.63) is 36.5 Å². The van der Waals surface area contributed by atoms with Crippen LogP contribution in [0.2, 0.25) is 0 Å². The molecular formula is C44H85NO7P+. The highest BCUT2D eigenvalue weighted by molar-refractivity contribution is 7.47. The number of nitrogens with zero attached hydrogens (tertiary/aromatic N) is 1. The zero-order chi connectivity index (χ0) is 39.1. The Labute approximate surface area is 327 Å². The van der Waals surface area contributed by atoms with E-state index in [4.69, 9.17) is 18.5 Å². The Bertz CT molecular complexity index is 947. The van der Waals surface area contributed by atoms with Crippen LogP contribution >= 0.6 is 7.82 Å². The molecule has 2 unspecified atom stereocenters. The molecule has 0 aromatic rings.